The molecule has 0 heterocycles. The molecule has 0 nitrogen and oxygen atoms in total. The Kier molecular flexibility index (Phi) is 3.02. The van der Waals surface area contributed by atoms with Crippen LogP contribution in [0.3, 0.4) is 0 Å². The fraction of sp³-hybridized carbons (Fsp3) is 0.125. The molecule has 1 heteroatoms. The van der Waals surface area contributed by atoms with E-state index in [0.717, 1.165) is 12.2 Å². The van der Waals surface area contributed by atoms with E-state index in [1.165, 1.54) is 21.6 Å². The van der Waals surface area contributed by atoms with Gasteiger partial charge in [-0.3, -0.25) is 0 Å². The van der Waals surface area contributed by atoms with Crippen molar-refractivity contribution in [2.24, 2.45) is 0 Å². The van der Waals surface area contributed by atoms with Crippen LogP contribution in [0.2, 0.25) is 0 Å². The predicted molar refractivity (Wildman–Crippen MR) is 75.9 cm³/mol. The average molecular weight is 238 g/mol. The van der Waals surface area contributed by atoms with Crippen molar-refractivity contribution >= 4 is 17.8 Å². The first kappa shape index (κ1) is 10.7. The van der Waals surface area contributed by atoms with Crippen LogP contribution in [-0.2, 0) is 12.2 Å². The first-order valence-electron chi connectivity index (χ1n) is 5.87. The topological polar surface area (TPSA) is 0 Å². The van der Waals surface area contributed by atoms with Gasteiger partial charge in [0.1, 0.15) is 0 Å². The summed E-state index contributed by atoms with van der Waals surface area (Å²) in [6.45, 7) is 0. The molecular formula is C16H14S. The van der Waals surface area contributed by atoms with E-state index in [2.05, 4.69) is 60.7 Å². The molecule has 0 saturated carbocycles. The van der Waals surface area contributed by atoms with Gasteiger partial charge in [-0.15, -0.1) is 11.8 Å². The van der Waals surface area contributed by atoms with E-state index in [4.69, 9.17) is 0 Å². The second kappa shape index (κ2) is 4.80. The lowest BCUT2D eigenvalue weighted by Crippen LogP contribution is -1.83. The summed E-state index contributed by atoms with van der Waals surface area (Å²) < 4.78 is 0. The van der Waals surface area contributed by atoms with Crippen LogP contribution in [0.25, 0.3) is 6.08 Å². The van der Waals surface area contributed by atoms with Crippen LogP contribution in [0.4, 0.5) is 0 Å². The van der Waals surface area contributed by atoms with Crippen LogP contribution in [0, 0.1) is 0 Å². The lowest BCUT2D eigenvalue weighted by Gasteiger charge is -2.02. The number of fused-ring (bicyclic) bond motifs is 1. The van der Waals surface area contributed by atoms with E-state index in [1.54, 1.807) is 0 Å². The second-order valence-electron chi connectivity index (χ2n) is 4.26. The van der Waals surface area contributed by atoms with Gasteiger partial charge in [0, 0.05) is 12.2 Å². The molecule has 84 valence electrons. The Labute approximate surface area is 106 Å². The van der Waals surface area contributed by atoms with E-state index < -0.39 is 0 Å². The van der Waals surface area contributed by atoms with E-state index in [0.29, 0.717) is 0 Å². The number of allylic oxidation sites excluding steroid dienone is 1. The van der Waals surface area contributed by atoms with Gasteiger partial charge < -0.3 is 0 Å². The first-order chi connectivity index (χ1) is 8.42. The molecule has 0 atom stereocenters. The van der Waals surface area contributed by atoms with Crippen molar-refractivity contribution in [1.82, 2.24) is 0 Å². The molecule has 0 bridgehead atoms. The Morgan fingerprint density at radius 1 is 0.882 bits per heavy atom. The maximum absolute atomic E-state index is 2.32. The lowest BCUT2D eigenvalue weighted by molar-refractivity contribution is 1.29. The number of thioether (sulfide) groups is 1. The highest BCUT2D eigenvalue weighted by atomic mass is 32.2. The summed E-state index contributed by atoms with van der Waals surface area (Å²) in [5.41, 5.74) is 4.25. The monoisotopic (exact) mass is 238 g/mol. The van der Waals surface area contributed by atoms with Gasteiger partial charge in [0.15, 0.2) is 0 Å². The van der Waals surface area contributed by atoms with Gasteiger partial charge in [-0.2, -0.15) is 0 Å². The third-order valence-electron chi connectivity index (χ3n) is 3.00. The standard InChI is InChI=1S/C16H14S/c1-2-6-13(7-3-1)12-17-16-10-14-8-4-5-9-15(14)11-16/h1-10H,11-12H2. The van der Waals surface area contributed by atoms with E-state index in [9.17, 15) is 0 Å². The Bertz CT molecular complexity index is 540. The third kappa shape index (κ3) is 2.45. The largest absolute Gasteiger partial charge is 0.125 e. The average Bonchev–Trinajstić information content (AvgIpc) is 2.80. The Morgan fingerprint density at radius 2 is 1.65 bits per heavy atom. The molecule has 3 rings (SSSR count). The van der Waals surface area contributed by atoms with Gasteiger partial charge in [0.25, 0.3) is 0 Å². The molecule has 0 unspecified atom stereocenters. The fourth-order valence-corrected chi connectivity index (χ4v) is 3.10. The van der Waals surface area contributed by atoms with E-state index in [1.807, 2.05) is 11.8 Å². The quantitative estimate of drug-likeness (QED) is 0.757. The van der Waals surface area contributed by atoms with Crippen molar-refractivity contribution < 1.29 is 0 Å². The van der Waals surface area contributed by atoms with Crippen LogP contribution in [-0.4, -0.2) is 0 Å². The van der Waals surface area contributed by atoms with Gasteiger partial charge in [-0.1, -0.05) is 54.6 Å². The zero-order valence-electron chi connectivity index (χ0n) is 9.60. The van der Waals surface area contributed by atoms with Crippen molar-refractivity contribution in [2.45, 2.75) is 12.2 Å². The maximum Gasteiger partial charge on any atom is 0.0228 e. The van der Waals surface area contributed by atoms with Crippen molar-refractivity contribution in [1.29, 1.82) is 0 Å². The lowest BCUT2D eigenvalue weighted by atomic mass is 10.1. The van der Waals surface area contributed by atoms with Gasteiger partial charge in [-0.25, -0.2) is 0 Å². The van der Waals surface area contributed by atoms with Crippen molar-refractivity contribution in [3.05, 3.63) is 76.2 Å². The molecule has 2 aromatic rings. The zero-order valence-corrected chi connectivity index (χ0v) is 10.4. The van der Waals surface area contributed by atoms with Crippen molar-refractivity contribution in [3.63, 3.8) is 0 Å². The smallest absolute Gasteiger partial charge is 0.0228 e. The minimum Gasteiger partial charge on any atom is -0.125 e. The fourth-order valence-electron chi connectivity index (χ4n) is 2.09. The number of rotatable bonds is 3. The van der Waals surface area contributed by atoms with Gasteiger partial charge in [0.2, 0.25) is 0 Å². The Morgan fingerprint density at radius 3 is 2.47 bits per heavy atom. The zero-order chi connectivity index (χ0) is 11.5. The van der Waals surface area contributed by atoms with Crippen LogP contribution < -0.4 is 0 Å². The van der Waals surface area contributed by atoms with Gasteiger partial charge >= 0.3 is 0 Å². The minimum atomic E-state index is 1.07. The normalized spacial score (nSPS) is 13.3. The highest BCUT2D eigenvalue weighted by Crippen LogP contribution is 2.33. The summed E-state index contributed by atoms with van der Waals surface area (Å²) in [7, 11) is 0. The maximum atomic E-state index is 2.32. The third-order valence-corrected chi connectivity index (χ3v) is 4.11. The molecule has 0 saturated heterocycles. The van der Waals surface area contributed by atoms with Crippen LogP contribution in [0.5, 0.6) is 0 Å². The molecule has 0 amide bonds. The summed E-state index contributed by atoms with van der Waals surface area (Å²) in [5.74, 6) is 1.07. The molecule has 0 N–H and O–H groups in total. The molecule has 1 aliphatic carbocycles. The van der Waals surface area contributed by atoms with E-state index in [-0.39, 0.29) is 0 Å². The predicted octanol–water partition coefficient (Wildman–Crippen LogP) is 4.52. The van der Waals surface area contributed by atoms with Crippen LogP contribution in [0.15, 0.2) is 59.5 Å². The van der Waals surface area contributed by atoms with Crippen molar-refractivity contribution in [3.8, 4) is 0 Å². The number of hydrogen-bond acceptors (Lipinski definition) is 1. The molecular weight excluding hydrogens is 224 g/mol. The molecule has 1 aliphatic rings. The van der Waals surface area contributed by atoms with Crippen LogP contribution in [0.1, 0.15) is 16.7 Å². The van der Waals surface area contributed by atoms with E-state index >= 15 is 0 Å². The van der Waals surface area contributed by atoms with Crippen LogP contribution >= 0.6 is 11.8 Å². The summed E-state index contributed by atoms with van der Waals surface area (Å²) in [6.07, 6.45) is 3.43. The second-order valence-corrected chi connectivity index (χ2v) is 5.36. The SMILES string of the molecule is C1=C(SCc2ccccc2)Cc2ccccc21. The molecule has 2 aromatic carbocycles. The summed E-state index contributed by atoms with van der Waals surface area (Å²) >= 11 is 1.95. The molecule has 0 spiro atoms. The highest BCUT2D eigenvalue weighted by molar-refractivity contribution is 8.02. The highest BCUT2D eigenvalue weighted by Gasteiger charge is 2.11. The Hall–Kier alpha value is -1.47. The molecule has 0 aliphatic heterocycles. The minimum absolute atomic E-state index is 1.07. The summed E-state index contributed by atoms with van der Waals surface area (Å²) in [6, 6.07) is 19.3. The number of hydrogen-bond donors (Lipinski definition) is 0. The molecule has 0 radical (unpaired) electrons. The first-order valence-corrected chi connectivity index (χ1v) is 6.85. The number of benzene rings is 2. The summed E-state index contributed by atoms with van der Waals surface area (Å²) in [4.78, 5) is 1.48. The summed E-state index contributed by atoms with van der Waals surface area (Å²) in [5, 5.41) is 0. The van der Waals surface area contributed by atoms with Gasteiger partial charge in [-0.05, 0) is 27.7 Å². The Balaban J connectivity index is 1.66. The molecule has 0 aromatic heterocycles. The molecule has 0 fully saturated rings. The van der Waals surface area contributed by atoms with Gasteiger partial charge in [0.05, 0.1) is 0 Å². The van der Waals surface area contributed by atoms with Crippen molar-refractivity contribution in [2.75, 3.05) is 0 Å². The molecule has 17 heavy (non-hydrogen) atoms.